The Hall–Kier alpha value is -1.93. The average Bonchev–Trinajstić information content (AvgIpc) is 2.94. The van der Waals surface area contributed by atoms with Gasteiger partial charge in [0.1, 0.15) is 5.76 Å². The van der Waals surface area contributed by atoms with Crippen LogP contribution in [0.2, 0.25) is 0 Å². The van der Waals surface area contributed by atoms with Crippen LogP contribution in [0.5, 0.6) is 0 Å². The summed E-state index contributed by atoms with van der Waals surface area (Å²) in [5.41, 5.74) is 1.07. The number of nitrogens with zero attached hydrogens (tertiary/aromatic N) is 2. The van der Waals surface area contributed by atoms with Gasteiger partial charge in [-0.3, -0.25) is 10.6 Å². The lowest BCUT2D eigenvalue weighted by molar-refractivity contribution is 0.262. The van der Waals surface area contributed by atoms with Crippen molar-refractivity contribution in [2.24, 2.45) is 0 Å². The van der Waals surface area contributed by atoms with E-state index in [0.717, 1.165) is 25.2 Å². The van der Waals surface area contributed by atoms with E-state index in [0.29, 0.717) is 16.7 Å². The van der Waals surface area contributed by atoms with Gasteiger partial charge in [-0.1, -0.05) is 5.16 Å². The second-order valence-electron chi connectivity index (χ2n) is 4.22. The van der Waals surface area contributed by atoms with Gasteiger partial charge >= 0.3 is 6.03 Å². The average molecular weight is 279 g/mol. The highest BCUT2D eigenvalue weighted by atomic mass is 32.1. The van der Waals surface area contributed by atoms with Gasteiger partial charge in [0, 0.05) is 30.5 Å². The highest BCUT2D eigenvalue weighted by Gasteiger charge is 2.16. The molecule has 0 saturated heterocycles. The third-order valence-corrected chi connectivity index (χ3v) is 3.71. The fraction of sp³-hybridized carbons (Fsp3) is 0.364. The van der Waals surface area contributed by atoms with E-state index >= 15 is 0 Å². The number of carbonyl (C=O) groups is 1. The summed E-state index contributed by atoms with van der Waals surface area (Å²) in [7, 11) is 0. The second-order valence-corrected chi connectivity index (χ2v) is 5.30. The first-order chi connectivity index (χ1) is 9.20. The van der Waals surface area contributed by atoms with Crippen molar-refractivity contribution in [1.29, 1.82) is 0 Å². The molecule has 0 atom stereocenters. The van der Waals surface area contributed by atoms with Crippen molar-refractivity contribution in [1.82, 2.24) is 15.5 Å². The Morgan fingerprint density at radius 1 is 1.53 bits per heavy atom. The molecule has 1 aliphatic rings. The highest BCUT2D eigenvalue weighted by molar-refractivity contribution is 7.15. The molecule has 0 aliphatic carbocycles. The molecule has 8 heteroatoms. The topological polar surface area (TPSA) is 92.1 Å². The van der Waals surface area contributed by atoms with Crippen LogP contribution in [0.3, 0.4) is 0 Å². The van der Waals surface area contributed by atoms with E-state index in [4.69, 9.17) is 4.52 Å². The number of rotatable bonds is 2. The fourth-order valence-corrected chi connectivity index (χ4v) is 2.82. The summed E-state index contributed by atoms with van der Waals surface area (Å²) in [6.07, 6.45) is 0.900. The first-order valence-corrected chi connectivity index (χ1v) is 6.73. The number of hydrogen-bond acceptors (Lipinski definition) is 6. The van der Waals surface area contributed by atoms with E-state index in [1.54, 1.807) is 13.0 Å². The van der Waals surface area contributed by atoms with Crippen molar-refractivity contribution < 1.29 is 9.32 Å². The third kappa shape index (κ3) is 2.74. The Balaban J connectivity index is 1.64. The van der Waals surface area contributed by atoms with E-state index < -0.39 is 0 Å². The molecule has 0 unspecified atom stereocenters. The maximum absolute atomic E-state index is 11.8. The SMILES string of the molecule is Cc1cc(NC(=O)Nc2nc3c(s2)CNCC3)no1. The summed E-state index contributed by atoms with van der Waals surface area (Å²) in [6, 6.07) is 1.28. The molecule has 100 valence electrons. The lowest BCUT2D eigenvalue weighted by atomic mass is 10.2. The number of anilines is 2. The van der Waals surface area contributed by atoms with E-state index in [-0.39, 0.29) is 6.03 Å². The van der Waals surface area contributed by atoms with Crippen molar-refractivity contribution >= 4 is 28.3 Å². The van der Waals surface area contributed by atoms with Gasteiger partial charge in [-0.25, -0.2) is 9.78 Å². The Labute approximate surface area is 113 Å². The first-order valence-electron chi connectivity index (χ1n) is 5.91. The molecule has 2 aromatic heterocycles. The number of nitrogens with one attached hydrogen (secondary N) is 3. The van der Waals surface area contributed by atoms with Gasteiger partial charge in [0.25, 0.3) is 0 Å². The maximum atomic E-state index is 11.8. The zero-order valence-corrected chi connectivity index (χ0v) is 11.1. The standard InChI is InChI=1S/C11H13N5O2S/c1-6-4-9(16-18-6)14-10(17)15-11-13-7-2-3-12-5-8(7)19-11/h4,12H,2-3,5H2,1H3,(H2,13,14,15,16,17). The predicted octanol–water partition coefficient (Wildman–Crippen LogP) is 1.73. The molecule has 0 fully saturated rings. The molecule has 0 aromatic carbocycles. The Bertz CT molecular complexity index is 583. The normalized spacial score (nSPS) is 13.9. The molecule has 3 heterocycles. The van der Waals surface area contributed by atoms with Crippen molar-refractivity contribution in [3.05, 3.63) is 22.4 Å². The van der Waals surface area contributed by atoms with E-state index in [2.05, 4.69) is 26.1 Å². The molecule has 3 N–H and O–H groups in total. The van der Waals surface area contributed by atoms with Crippen LogP contribution >= 0.6 is 11.3 Å². The Morgan fingerprint density at radius 2 is 2.42 bits per heavy atom. The van der Waals surface area contributed by atoms with E-state index in [1.807, 2.05) is 0 Å². The quantitative estimate of drug-likeness (QED) is 0.778. The largest absolute Gasteiger partial charge is 0.360 e. The summed E-state index contributed by atoms with van der Waals surface area (Å²) in [5, 5.41) is 12.9. The minimum absolute atomic E-state index is 0.368. The molecule has 2 amide bonds. The summed E-state index contributed by atoms with van der Waals surface area (Å²) in [5.74, 6) is 1.03. The van der Waals surface area contributed by atoms with Gasteiger partial charge in [0.2, 0.25) is 0 Å². The summed E-state index contributed by atoms with van der Waals surface area (Å²) < 4.78 is 4.87. The number of carbonyl (C=O) groups excluding carboxylic acids is 1. The molecule has 0 saturated carbocycles. The number of amides is 2. The molecule has 7 nitrogen and oxygen atoms in total. The zero-order valence-electron chi connectivity index (χ0n) is 10.3. The third-order valence-electron chi connectivity index (χ3n) is 2.69. The summed E-state index contributed by atoms with van der Waals surface area (Å²) in [4.78, 5) is 17.3. The van der Waals surface area contributed by atoms with E-state index in [1.165, 1.54) is 16.2 Å². The summed E-state index contributed by atoms with van der Waals surface area (Å²) in [6.45, 7) is 3.51. The maximum Gasteiger partial charge on any atom is 0.326 e. The molecule has 3 rings (SSSR count). The lowest BCUT2D eigenvalue weighted by Gasteiger charge is -2.09. The molecule has 0 spiro atoms. The second kappa shape index (κ2) is 4.98. The monoisotopic (exact) mass is 279 g/mol. The van der Waals surface area contributed by atoms with Gasteiger partial charge in [-0.2, -0.15) is 0 Å². The van der Waals surface area contributed by atoms with Crippen molar-refractivity contribution in [2.75, 3.05) is 17.2 Å². The number of thiazole rings is 1. The lowest BCUT2D eigenvalue weighted by Crippen LogP contribution is -2.22. The minimum Gasteiger partial charge on any atom is -0.360 e. The van der Waals surface area contributed by atoms with Crippen LogP contribution in [0.25, 0.3) is 0 Å². The van der Waals surface area contributed by atoms with Gasteiger partial charge in [-0.05, 0) is 6.92 Å². The smallest absolute Gasteiger partial charge is 0.326 e. The number of aryl methyl sites for hydroxylation is 1. The van der Waals surface area contributed by atoms with Crippen LogP contribution in [-0.2, 0) is 13.0 Å². The van der Waals surface area contributed by atoms with Crippen LogP contribution < -0.4 is 16.0 Å². The number of fused-ring (bicyclic) bond motifs is 1. The molecule has 19 heavy (non-hydrogen) atoms. The molecule has 2 aromatic rings. The van der Waals surface area contributed by atoms with Gasteiger partial charge in [-0.15, -0.1) is 11.3 Å². The van der Waals surface area contributed by atoms with Gasteiger partial charge in [0.15, 0.2) is 10.9 Å². The Morgan fingerprint density at radius 3 is 3.16 bits per heavy atom. The number of urea groups is 1. The molecular formula is C11H13N5O2S. The molecular weight excluding hydrogens is 266 g/mol. The summed E-state index contributed by atoms with van der Waals surface area (Å²) >= 11 is 1.49. The molecule has 1 aliphatic heterocycles. The molecule has 0 bridgehead atoms. The van der Waals surface area contributed by atoms with E-state index in [9.17, 15) is 4.79 Å². The Kier molecular flexibility index (Phi) is 3.18. The van der Waals surface area contributed by atoms with Crippen LogP contribution in [0, 0.1) is 6.92 Å². The van der Waals surface area contributed by atoms with Gasteiger partial charge in [0.05, 0.1) is 5.69 Å². The van der Waals surface area contributed by atoms with Crippen molar-refractivity contribution in [3.8, 4) is 0 Å². The van der Waals surface area contributed by atoms with Gasteiger partial charge < -0.3 is 9.84 Å². The van der Waals surface area contributed by atoms with Crippen molar-refractivity contribution in [3.63, 3.8) is 0 Å². The van der Waals surface area contributed by atoms with Crippen LogP contribution in [0.15, 0.2) is 10.6 Å². The van der Waals surface area contributed by atoms with Crippen LogP contribution in [0.1, 0.15) is 16.3 Å². The minimum atomic E-state index is -0.368. The fourth-order valence-electron chi connectivity index (χ4n) is 1.85. The zero-order chi connectivity index (χ0) is 13.2. The van der Waals surface area contributed by atoms with Crippen LogP contribution in [-0.4, -0.2) is 22.7 Å². The van der Waals surface area contributed by atoms with Crippen molar-refractivity contribution in [2.45, 2.75) is 19.9 Å². The number of aromatic nitrogens is 2. The first kappa shape index (κ1) is 12.1. The number of hydrogen-bond donors (Lipinski definition) is 3. The van der Waals surface area contributed by atoms with Crippen LogP contribution in [0.4, 0.5) is 15.7 Å². The predicted molar refractivity (Wildman–Crippen MR) is 71.4 cm³/mol. The molecule has 0 radical (unpaired) electrons. The highest BCUT2D eigenvalue weighted by Crippen LogP contribution is 2.25.